The quantitative estimate of drug-likeness (QED) is 0.839. The van der Waals surface area contributed by atoms with E-state index in [1.165, 1.54) is 13.3 Å². The lowest BCUT2D eigenvalue weighted by Gasteiger charge is -2.16. The molecule has 0 spiro atoms. The number of alkyl halides is 3. The van der Waals surface area contributed by atoms with Crippen LogP contribution in [-0.4, -0.2) is 29.2 Å². The van der Waals surface area contributed by atoms with E-state index in [0.717, 1.165) is 0 Å². The number of nitrogens with zero attached hydrogens (tertiary/aromatic N) is 2. The summed E-state index contributed by atoms with van der Waals surface area (Å²) in [4.78, 5) is 7.68. The summed E-state index contributed by atoms with van der Waals surface area (Å²) in [6, 6.07) is 0.826. The molecule has 1 atom stereocenters. The summed E-state index contributed by atoms with van der Waals surface area (Å²) in [6.07, 6.45) is -3.79. The molecule has 0 aliphatic rings. The van der Waals surface area contributed by atoms with Crippen molar-refractivity contribution in [3.63, 3.8) is 0 Å². The first kappa shape index (κ1) is 12.5. The van der Waals surface area contributed by atoms with Crippen LogP contribution in [0.15, 0.2) is 12.4 Å². The first-order valence-corrected chi connectivity index (χ1v) is 4.74. The second kappa shape index (κ2) is 5.00. The molecule has 4 nitrogen and oxygen atoms in total. The zero-order chi connectivity index (χ0) is 12.2. The number of nitrogens with one attached hydrogen (secondary N) is 2. The summed E-state index contributed by atoms with van der Waals surface area (Å²) in [6.45, 7) is 1.45. The minimum atomic E-state index is -4.18. The summed E-state index contributed by atoms with van der Waals surface area (Å²) in [5.74, 6) is 0.924. The summed E-state index contributed by atoms with van der Waals surface area (Å²) in [5, 5.41) is 5.44. The summed E-state index contributed by atoms with van der Waals surface area (Å²) in [5.41, 5.74) is 0. The van der Waals surface area contributed by atoms with Gasteiger partial charge < -0.3 is 10.6 Å². The lowest BCUT2D eigenvalue weighted by molar-refractivity contribution is -0.136. The Bertz CT molecular complexity index is 340. The van der Waals surface area contributed by atoms with Gasteiger partial charge in [0.2, 0.25) is 0 Å². The molecule has 0 aliphatic heterocycles. The Morgan fingerprint density at radius 2 is 1.94 bits per heavy atom. The van der Waals surface area contributed by atoms with E-state index in [2.05, 4.69) is 20.6 Å². The van der Waals surface area contributed by atoms with E-state index >= 15 is 0 Å². The smallest absolute Gasteiger partial charge is 0.373 e. The molecular formula is C9H13F3N4. The van der Waals surface area contributed by atoms with Crippen LogP contribution in [0.25, 0.3) is 0 Å². The molecule has 1 unspecified atom stereocenters. The van der Waals surface area contributed by atoms with Crippen molar-refractivity contribution in [2.24, 2.45) is 0 Å². The van der Waals surface area contributed by atoms with Gasteiger partial charge >= 0.3 is 6.18 Å². The number of anilines is 2. The van der Waals surface area contributed by atoms with Gasteiger partial charge in [0, 0.05) is 19.2 Å². The van der Waals surface area contributed by atoms with Crippen molar-refractivity contribution < 1.29 is 13.2 Å². The van der Waals surface area contributed by atoms with Crippen molar-refractivity contribution in [1.82, 2.24) is 9.97 Å². The Hall–Kier alpha value is -1.53. The minimum Gasteiger partial charge on any atom is -0.373 e. The van der Waals surface area contributed by atoms with Gasteiger partial charge in [0.1, 0.15) is 18.0 Å². The normalized spacial score (nSPS) is 13.3. The van der Waals surface area contributed by atoms with Crippen LogP contribution in [0.3, 0.4) is 0 Å². The molecule has 0 radical (unpaired) electrons. The van der Waals surface area contributed by atoms with Crippen LogP contribution in [0.4, 0.5) is 24.8 Å². The number of hydrogen-bond acceptors (Lipinski definition) is 4. The van der Waals surface area contributed by atoms with Crippen LogP contribution in [0.2, 0.25) is 0 Å². The maximum atomic E-state index is 12.1. The molecule has 0 bridgehead atoms. The second-order valence-corrected chi connectivity index (χ2v) is 3.40. The van der Waals surface area contributed by atoms with Crippen molar-refractivity contribution in [3.8, 4) is 0 Å². The molecule has 1 aromatic heterocycles. The maximum absolute atomic E-state index is 12.1. The largest absolute Gasteiger partial charge is 0.391 e. The lowest BCUT2D eigenvalue weighted by atomic mass is 10.2. The SMILES string of the molecule is CNc1cc(NC(C)CC(F)(F)F)ncn1. The maximum Gasteiger partial charge on any atom is 0.391 e. The zero-order valence-corrected chi connectivity index (χ0v) is 8.97. The van der Waals surface area contributed by atoms with Gasteiger partial charge in [0.25, 0.3) is 0 Å². The molecule has 1 aromatic rings. The van der Waals surface area contributed by atoms with Crippen LogP contribution in [0.5, 0.6) is 0 Å². The van der Waals surface area contributed by atoms with Gasteiger partial charge in [0.15, 0.2) is 0 Å². The molecule has 1 rings (SSSR count). The van der Waals surface area contributed by atoms with Crippen molar-refractivity contribution in [3.05, 3.63) is 12.4 Å². The highest BCUT2D eigenvalue weighted by atomic mass is 19.4. The molecule has 0 amide bonds. The van der Waals surface area contributed by atoms with Gasteiger partial charge in [0.05, 0.1) is 6.42 Å². The van der Waals surface area contributed by atoms with Gasteiger partial charge in [-0.3, -0.25) is 0 Å². The monoisotopic (exact) mass is 234 g/mol. The molecule has 0 fully saturated rings. The van der Waals surface area contributed by atoms with Crippen molar-refractivity contribution in [1.29, 1.82) is 0 Å². The van der Waals surface area contributed by atoms with Crippen molar-refractivity contribution in [2.75, 3.05) is 17.7 Å². The van der Waals surface area contributed by atoms with Gasteiger partial charge in [-0.25, -0.2) is 9.97 Å². The first-order valence-electron chi connectivity index (χ1n) is 4.74. The molecule has 0 saturated heterocycles. The third-order valence-electron chi connectivity index (χ3n) is 1.86. The average Bonchev–Trinajstić information content (AvgIpc) is 2.15. The number of rotatable bonds is 4. The van der Waals surface area contributed by atoms with Gasteiger partial charge in [-0.1, -0.05) is 0 Å². The molecule has 0 aromatic carbocycles. The van der Waals surface area contributed by atoms with Crippen LogP contribution < -0.4 is 10.6 Å². The summed E-state index contributed by atoms with van der Waals surface area (Å²) in [7, 11) is 1.67. The number of hydrogen-bond donors (Lipinski definition) is 2. The van der Waals surface area contributed by atoms with E-state index in [0.29, 0.717) is 11.6 Å². The minimum absolute atomic E-state index is 0.371. The second-order valence-electron chi connectivity index (χ2n) is 3.40. The van der Waals surface area contributed by atoms with Crippen LogP contribution in [-0.2, 0) is 0 Å². The molecule has 16 heavy (non-hydrogen) atoms. The molecule has 0 aliphatic carbocycles. The predicted molar refractivity (Wildman–Crippen MR) is 55.3 cm³/mol. The molecule has 2 N–H and O–H groups in total. The van der Waals surface area contributed by atoms with Gasteiger partial charge in [-0.2, -0.15) is 13.2 Å². The fourth-order valence-corrected chi connectivity index (χ4v) is 1.22. The van der Waals surface area contributed by atoms with Crippen LogP contribution >= 0.6 is 0 Å². The zero-order valence-electron chi connectivity index (χ0n) is 8.97. The molecule has 0 saturated carbocycles. The standard InChI is InChI=1S/C9H13F3N4/c1-6(4-9(10,11)12)16-8-3-7(13-2)14-5-15-8/h3,5-6H,4H2,1-2H3,(H2,13,14,15,16). The Labute approximate surface area is 91.3 Å². The predicted octanol–water partition coefficient (Wildman–Crippen LogP) is 2.27. The molecule has 7 heteroatoms. The fourth-order valence-electron chi connectivity index (χ4n) is 1.22. The average molecular weight is 234 g/mol. The highest BCUT2D eigenvalue weighted by molar-refractivity contribution is 5.46. The Kier molecular flexibility index (Phi) is 3.92. The molecular weight excluding hydrogens is 221 g/mol. The van der Waals surface area contributed by atoms with E-state index in [9.17, 15) is 13.2 Å². The van der Waals surface area contributed by atoms with E-state index < -0.39 is 18.6 Å². The summed E-state index contributed by atoms with van der Waals surface area (Å²) < 4.78 is 36.2. The van der Waals surface area contributed by atoms with Crippen molar-refractivity contribution in [2.45, 2.75) is 25.6 Å². The topological polar surface area (TPSA) is 49.8 Å². The van der Waals surface area contributed by atoms with Crippen LogP contribution in [0.1, 0.15) is 13.3 Å². The molecule has 90 valence electrons. The fraction of sp³-hybridized carbons (Fsp3) is 0.556. The highest BCUT2D eigenvalue weighted by Gasteiger charge is 2.30. The Balaban J connectivity index is 2.59. The van der Waals surface area contributed by atoms with E-state index in [4.69, 9.17) is 0 Å². The van der Waals surface area contributed by atoms with Gasteiger partial charge in [-0.05, 0) is 6.92 Å². The third-order valence-corrected chi connectivity index (χ3v) is 1.86. The van der Waals surface area contributed by atoms with E-state index in [-0.39, 0.29) is 0 Å². The van der Waals surface area contributed by atoms with Crippen LogP contribution in [0, 0.1) is 0 Å². The Morgan fingerprint density at radius 3 is 2.50 bits per heavy atom. The number of aromatic nitrogens is 2. The lowest BCUT2D eigenvalue weighted by Crippen LogP contribution is -2.24. The van der Waals surface area contributed by atoms with Crippen molar-refractivity contribution >= 4 is 11.6 Å². The Morgan fingerprint density at radius 1 is 1.31 bits per heavy atom. The van der Waals surface area contributed by atoms with Gasteiger partial charge in [-0.15, -0.1) is 0 Å². The third kappa shape index (κ3) is 4.33. The highest BCUT2D eigenvalue weighted by Crippen LogP contribution is 2.23. The summed E-state index contributed by atoms with van der Waals surface area (Å²) >= 11 is 0. The molecule has 1 heterocycles. The first-order chi connectivity index (χ1) is 7.40. The van der Waals surface area contributed by atoms with E-state index in [1.807, 2.05) is 0 Å². The van der Waals surface area contributed by atoms with E-state index in [1.54, 1.807) is 13.1 Å². The number of halogens is 3.